The maximum Gasteiger partial charge on any atom is 0.319 e. The van der Waals surface area contributed by atoms with Crippen LogP contribution >= 0.6 is 11.6 Å². The van der Waals surface area contributed by atoms with E-state index in [1.54, 1.807) is 42.1 Å². The first-order chi connectivity index (χ1) is 7.95. The van der Waals surface area contributed by atoms with Gasteiger partial charge in [0, 0.05) is 37.9 Å². The van der Waals surface area contributed by atoms with E-state index in [0.29, 0.717) is 23.8 Å². The summed E-state index contributed by atoms with van der Waals surface area (Å²) in [6.07, 6.45) is 0. The van der Waals surface area contributed by atoms with Crippen molar-refractivity contribution in [2.24, 2.45) is 0 Å². The van der Waals surface area contributed by atoms with Gasteiger partial charge in [-0.15, -0.1) is 0 Å². The SMILES string of the molecule is CCN(C)C(=O)N(C)Cc1cc(N)ccc1Cl. The number of halogens is 1. The predicted octanol–water partition coefficient (Wildman–Crippen LogP) is 2.43. The van der Waals surface area contributed by atoms with E-state index >= 15 is 0 Å². The molecule has 0 saturated carbocycles. The number of urea groups is 1. The first-order valence-corrected chi connectivity index (χ1v) is 5.83. The van der Waals surface area contributed by atoms with E-state index in [2.05, 4.69) is 0 Å². The largest absolute Gasteiger partial charge is 0.399 e. The van der Waals surface area contributed by atoms with Crippen molar-refractivity contribution in [1.29, 1.82) is 0 Å². The van der Waals surface area contributed by atoms with Gasteiger partial charge in [-0.1, -0.05) is 11.6 Å². The van der Waals surface area contributed by atoms with Gasteiger partial charge >= 0.3 is 6.03 Å². The molecule has 0 spiro atoms. The van der Waals surface area contributed by atoms with E-state index in [9.17, 15) is 4.79 Å². The van der Waals surface area contributed by atoms with Crippen LogP contribution in [0.1, 0.15) is 12.5 Å². The number of amides is 2. The van der Waals surface area contributed by atoms with Gasteiger partial charge in [0.2, 0.25) is 0 Å². The van der Waals surface area contributed by atoms with E-state index in [0.717, 1.165) is 5.56 Å². The zero-order valence-electron chi connectivity index (χ0n) is 10.4. The molecule has 1 rings (SSSR count). The van der Waals surface area contributed by atoms with Gasteiger partial charge in [-0.05, 0) is 30.7 Å². The summed E-state index contributed by atoms with van der Waals surface area (Å²) < 4.78 is 0. The van der Waals surface area contributed by atoms with Crippen molar-refractivity contribution in [2.75, 3.05) is 26.4 Å². The van der Waals surface area contributed by atoms with Gasteiger partial charge in [-0.2, -0.15) is 0 Å². The Hall–Kier alpha value is -1.42. The summed E-state index contributed by atoms with van der Waals surface area (Å²) in [5.74, 6) is 0. The highest BCUT2D eigenvalue weighted by atomic mass is 35.5. The Bertz CT molecular complexity index is 409. The van der Waals surface area contributed by atoms with Gasteiger partial charge < -0.3 is 15.5 Å². The number of anilines is 1. The standard InChI is InChI=1S/C12H18ClN3O/c1-4-15(2)12(17)16(3)8-9-7-10(14)5-6-11(9)13/h5-7H,4,8,14H2,1-3H3. The predicted molar refractivity (Wildman–Crippen MR) is 71.0 cm³/mol. The van der Waals surface area contributed by atoms with Crippen molar-refractivity contribution in [3.63, 3.8) is 0 Å². The van der Waals surface area contributed by atoms with E-state index < -0.39 is 0 Å². The van der Waals surface area contributed by atoms with Crippen molar-refractivity contribution in [2.45, 2.75) is 13.5 Å². The third-order valence-electron chi connectivity index (χ3n) is 2.60. The van der Waals surface area contributed by atoms with E-state index in [-0.39, 0.29) is 6.03 Å². The molecule has 94 valence electrons. The Morgan fingerprint density at radius 2 is 2.00 bits per heavy atom. The molecule has 0 atom stereocenters. The molecule has 5 heteroatoms. The minimum atomic E-state index is -0.0361. The van der Waals surface area contributed by atoms with Crippen molar-refractivity contribution < 1.29 is 4.79 Å². The van der Waals surface area contributed by atoms with Crippen molar-refractivity contribution in [3.05, 3.63) is 28.8 Å². The van der Waals surface area contributed by atoms with Crippen LogP contribution in [-0.4, -0.2) is 36.5 Å². The van der Waals surface area contributed by atoms with E-state index in [1.165, 1.54) is 0 Å². The van der Waals surface area contributed by atoms with Gasteiger partial charge in [0.15, 0.2) is 0 Å². The van der Waals surface area contributed by atoms with E-state index in [4.69, 9.17) is 17.3 Å². The molecule has 0 saturated heterocycles. The molecule has 0 unspecified atom stereocenters. The summed E-state index contributed by atoms with van der Waals surface area (Å²) in [5.41, 5.74) is 7.19. The lowest BCUT2D eigenvalue weighted by Crippen LogP contribution is -2.38. The Kier molecular flexibility index (Phi) is 4.63. The van der Waals surface area contributed by atoms with Crippen LogP contribution in [0.2, 0.25) is 5.02 Å². The van der Waals surface area contributed by atoms with Crippen molar-refractivity contribution in [1.82, 2.24) is 9.80 Å². The molecule has 0 heterocycles. The van der Waals surface area contributed by atoms with Crippen LogP contribution in [-0.2, 0) is 6.54 Å². The van der Waals surface area contributed by atoms with Crippen molar-refractivity contribution in [3.8, 4) is 0 Å². The van der Waals surface area contributed by atoms with Crippen molar-refractivity contribution >= 4 is 23.3 Å². The average Bonchev–Trinajstić information content (AvgIpc) is 2.31. The van der Waals surface area contributed by atoms with Crippen LogP contribution < -0.4 is 5.73 Å². The molecule has 0 fully saturated rings. The normalized spacial score (nSPS) is 10.1. The maximum atomic E-state index is 11.9. The fraction of sp³-hybridized carbons (Fsp3) is 0.417. The topological polar surface area (TPSA) is 49.6 Å². The molecule has 0 aliphatic heterocycles. The van der Waals surface area contributed by atoms with E-state index in [1.807, 2.05) is 6.92 Å². The lowest BCUT2D eigenvalue weighted by molar-refractivity contribution is 0.173. The summed E-state index contributed by atoms with van der Waals surface area (Å²) >= 11 is 6.05. The minimum absolute atomic E-state index is 0.0361. The fourth-order valence-corrected chi connectivity index (χ4v) is 1.64. The third-order valence-corrected chi connectivity index (χ3v) is 2.97. The molecular formula is C12H18ClN3O. The third kappa shape index (κ3) is 3.53. The highest BCUT2D eigenvalue weighted by Crippen LogP contribution is 2.20. The number of hydrogen-bond acceptors (Lipinski definition) is 2. The zero-order chi connectivity index (χ0) is 13.0. The molecule has 0 aliphatic carbocycles. The molecule has 4 nitrogen and oxygen atoms in total. The molecule has 1 aromatic rings. The second-order valence-corrected chi connectivity index (χ2v) is 4.41. The Morgan fingerprint density at radius 3 is 2.59 bits per heavy atom. The molecular weight excluding hydrogens is 238 g/mol. The molecule has 0 aliphatic rings. The van der Waals surface area contributed by atoms with Crippen LogP contribution in [0.15, 0.2) is 18.2 Å². The summed E-state index contributed by atoms with van der Waals surface area (Å²) in [5, 5.41) is 0.623. The highest BCUT2D eigenvalue weighted by molar-refractivity contribution is 6.31. The summed E-state index contributed by atoms with van der Waals surface area (Å²) in [6, 6.07) is 5.24. The van der Waals surface area contributed by atoms with Gasteiger partial charge in [0.1, 0.15) is 0 Å². The molecule has 17 heavy (non-hydrogen) atoms. The van der Waals surface area contributed by atoms with Crippen LogP contribution in [0.25, 0.3) is 0 Å². The smallest absolute Gasteiger partial charge is 0.319 e. The Morgan fingerprint density at radius 1 is 1.35 bits per heavy atom. The van der Waals surface area contributed by atoms with Crippen LogP contribution in [0.3, 0.4) is 0 Å². The number of carbonyl (C=O) groups excluding carboxylic acids is 1. The number of rotatable bonds is 3. The molecule has 0 radical (unpaired) electrons. The number of nitrogens with two attached hydrogens (primary N) is 1. The first-order valence-electron chi connectivity index (χ1n) is 5.45. The van der Waals surface area contributed by atoms with Gasteiger partial charge in [0.05, 0.1) is 0 Å². The second-order valence-electron chi connectivity index (χ2n) is 4.00. The lowest BCUT2D eigenvalue weighted by Gasteiger charge is -2.24. The number of benzene rings is 1. The van der Waals surface area contributed by atoms with Crippen LogP contribution in [0.5, 0.6) is 0 Å². The number of nitrogen functional groups attached to an aromatic ring is 1. The molecule has 0 aromatic heterocycles. The van der Waals surface area contributed by atoms with Crippen LogP contribution in [0, 0.1) is 0 Å². The molecule has 1 aromatic carbocycles. The maximum absolute atomic E-state index is 11.9. The number of nitrogens with zero attached hydrogens (tertiary/aromatic N) is 2. The van der Waals surface area contributed by atoms with Crippen LogP contribution in [0.4, 0.5) is 10.5 Å². The van der Waals surface area contributed by atoms with Gasteiger partial charge in [-0.25, -0.2) is 4.79 Å². The Labute approximate surface area is 107 Å². The summed E-state index contributed by atoms with van der Waals surface area (Å²) in [4.78, 5) is 15.1. The number of carbonyl (C=O) groups is 1. The lowest BCUT2D eigenvalue weighted by atomic mass is 10.2. The Balaban J connectivity index is 2.77. The number of hydrogen-bond donors (Lipinski definition) is 1. The summed E-state index contributed by atoms with van der Waals surface area (Å²) in [7, 11) is 3.51. The fourth-order valence-electron chi connectivity index (χ4n) is 1.47. The van der Waals surface area contributed by atoms with Gasteiger partial charge in [0.25, 0.3) is 0 Å². The zero-order valence-corrected chi connectivity index (χ0v) is 11.2. The molecule has 2 N–H and O–H groups in total. The molecule has 0 bridgehead atoms. The highest BCUT2D eigenvalue weighted by Gasteiger charge is 2.14. The summed E-state index contributed by atoms with van der Waals surface area (Å²) in [6.45, 7) is 3.06. The van der Waals surface area contributed by atoms with Gasteiger partial charge in [-0.3, -0.25) is 0 Å². The molecule has 2 amide bonds. The minimum Gasteiger partial charge on any atom is -0.399 e. The first kappa shape index (κ1) is 13.6. The monoisotopic (exact) mass is 255 g/mol. The quantitative estimate of drug-likeness (QED) is 0.844. The second kappa shape index (κ2) is 5.77. The average molecular weight is 256 g/mol.